The molecule has 0 bridgehead atoms. The number of ether oxygens (including phenoxy) is 3. The van der Waals surface area contributed by atoms with Crippen LogP contribution in [0.4, 0.5) is 5.82 Å². The zero-order valence-corrected chi connectivity index (χ0v) is 11.8. The lowest BCUT2D eigenvalue weighted by molar-refractivity contribution is 0.265. The van der Waals surface area contributed by atoms with Crippen molar-refractivity contribution in [2.75, 3.05) is 20.0 Å². The summed E-state index contributed by atoms with van der Waals surface area (Å²) in [4.78, 5) is 4.03. The molecule has 1 aromatic carbocycles. The van der Waals surface area contributed by atoms with Gasteiger partial charge in [-0.3, -0.25) is 0 Å². The van der Waals surface area contributed by atoms with Gasteiger partial charge in [0, 0.05) is 11.8 Å². The predicted octanol–water partition coefficient (Wildman–Crippen LogP) is 2.57. The smallest absolute Gasteiger partial charge is 0.203 e. The number of pyridine rings is 1. The van der Waals surface area contributed by atoms with E-state index in [1.807, 2.05) is 25.1 Å². The predicted molar refractivity (Wildman–Crippen MR) is 77.3 cm³/mol. The molecule has 2 N–H and O–H groups in total. The SMILES string of the molecule is COc1cc(C)cc(OC)c1OCc1ccc(N)nc1. The number of aryl methyl sites for hydroxylation is 1. The number of aromatic nitrogens is 1. The average Bonchev–Trinajstić information content (AvgIpc) is 2.46. The number of rotatable bonds is 5. The van der Waals surface area contributed by atoms with Gasteiger partial charge in [0.2, 0.25) is 5.75 Å². The number of hydrogen-bond donors (Lipinski definition) is 1. The molecule has 0 radical (unpaired) electrons. The third-order valence-corrected chi connectivity index (χ3v) is 2.84. The van der Waals surface area contributed by atoms with E-state index in [-0.39, 0.29) is 0 Å². The van der Waals surface area contributed by atoms with Crippen LogP contribution in [-0.4, -0.2) is 19.2 Å². The summed E-state index contributed by atoms with van der Waals surface area (Å²) in [6, 6.07) is 7.41. The fraction of sp³-hybridized carbons (Fsp3) is 0.267. The number of nitrogen functional groups attached to an aromatic ring is 1. The van der Waals surface area contributed by atoms with Crippen molar-refractivity contribution in [2.24, 2.45) is 0 Å². The van der Waals surface area contributed by atoms with E-state index in [1.54, 1.807) is 26.5 Å². The summed E-state index contributed by atoms with van der Waals surface area (Å²) in [5.41, 5.74) is 7.51. The highest BCUT2D eigenvalue weighted by molar-refractivity contribution is 5.53. The van der Waals surface area contributed by atoms with Gasteiger partial charge in [-0.15, -0.1) is 0 Å². The summed E-state index contributed by atoms with van der Waals surface area (Å²) in [7, 11) is 3.21. The quantitative estimate of drug-likeness (QED) is 0.907. The van der Waals surface area contributed by atoms with Crippen LogP contribution in [-0.2, 0) is 6.61 Å². The first-order valence-corrected chi connectivity index (χ1v) is 6.20. The van der Waals surface area contributed by atoms with Crippen LogP contribution in [0.15, 0.2) is 30.5 Å². The third-order valence-electron chi connectivity index (χ3n) is 2.84. The zero-order chi connectivity index (χ0) is 14.5. The largest absolute Gasteiger partial charge is 0.493 e. The van der Waals surface area contributed by atoms with Gasteiger partial charge < -0.3 is 19.9 Å². The fourth-order valence-corrected chi connectivity index (χ4v) is 1.83. The molecule has 0 fully saturated rings. The maximum atomic E-state index is 5.80. The van der Waals surface area contributed by atoms with Crippen LogP contribution < -0.4 is 19.9 Å². The Morgan fingerprint density at radius 3 is 2.25 bits per heavy atom. The first-order valence-electron chi connectivity index (χ1n) is 6.20. The second-order valence-corrected chi connectivity index (χ2v) is 4.38. The molecule has 2 aromatic rings. The van der Waals surface area contributed by atoms with Crippen LogP contribution in [0, 0.1) is 6.92 Å². The molecular weight excluding hydrogens is 256 g/mol. The summed E-state index contributed by atoms with van der Waals surface area (Å²) >= 11 is 0. The second-order valence-electron chi connectivity index (χ2n) is 4.38. The average molecular weight is 274 g/mol. The van der Waals surface area contributed by atoms with Crippen molar-refractivity contribution in [1.29, 1.82) is 0 Å². The van der Waals surface area contributed by atoms with Gasteiger partial charge in [0.25, 0.3) is 0 Å². The Bertz CT molecular complexity index is 557. The lowest BCUT2D eigenvalue weighted by atomic mass is 10.2. The second kappa shape index (κ2) is 6.14. The molecule has 106 valence electrons. The van der Waals surface area contributed by atoms with E-state index < -0.39 is 0 Å². The summed E-state index contributed by atoms with van der Waals surface area (Å²) < 4.78 is 16.5. The first-order chi connectivity index (χ1) is 9.63. The van der Waals surface area contributed by atoms with Gasteiger partial charge in [-0.25, -0.2) is 4.98 Å². The lowest BCUT2D eigenvalue weighted by Gasteiger charge is -2.15. The first kappa shape index (κ1) is 14.0. The van der Waals surface area contributed by atoms with Gasteiger partial charge in [-0.2, -0.15) is 0 Å². The number of hydrogen-bond acceptors (Lipinski definition) is 5. The Kier molecular flexibility index (Phi) is 4.30. The number of methoxy groups -OCH3 is 2. The molecule has 0 saturated heterocycles. The van der Waals surface area contributed by atoms with Crippen molar-refractivity contribution in [2.45, 2.75) is 13.5 Å². The van der Waals surface area contributed by atoms with Crippen molar-refractivity contribution in [1.82, 2.24) is 4.98 Å². The Hall–Kier alpha value is -2.43. The number of nitrogens with zero attached hydrogens (tertiary/aromatic N) is 1. The Balaban J connectivity index is 2.21. The van der Waals surface area contributed by atoms with Gasteiger partial charge in [-0.1, -0.05) is 6.07 Å². The molecule has 0 amide bonds. The molecule has 2 rings (SSSR count). The molecular formula is C15H18N2O3. The number of anilines is 1. The maximum absolute atomic E-state index is 5.80. The van der Waals surface area contributed by atoms with Gasteiger partial charge in [0.1, 0.15) is 12.4 Å². The Morgan fingerprint density at radius 2 is 1.75 bits per heavy atom. The van der Waals surface area contributed by atoms with Gasteiger partial charge >= 0.3 is 0 Å². The van der Waals surface area contributed by atoms with E-state index in [0.29, 0.717) is 29.7 Å². The molecule has 0 saturated carbocycles. The van der Waals surface area contributed by atoms with Crippen LogP contribution in [0.1, 0.15) is 11.1 Å². The van der Waals surface area contributed by atoms with Crippen LogP contribution in [0.5, 0.6) is 17.2 Å². The van der Waals surface area contributed by atoms with Gasteiger partial charge in [-0.05, 0) is 30.7 Å². The van der Waals surface area contributed by atoms with E-state index in [2.05, 4.69) is 4.98 Å². The van der Waals surface area contributed by atoms with Crippen LogP contribution in [0.2, 0.25) is 0 Å². The highest BCUT2D eigenvalue weighted by Crippen LogP contribution is 2.38. The highest BCUT2D eigenvalue weighted by Gasteiger charge is 2.13. The minimum absolute atomic E-state index is 0.364. The normalized spacial score (nSPS) is 10.2. The van der Waals surface area contributed by atoms with Crippen LogP contribution in [0.3, 0.4) is 0 Å². The zero-order valence-electron chi connectivity index (χ0n) is 11.8. The summed E-state index contributed by atoms with van der Waals surface area (Å²) in [5, 5.41) is 0. The number of nitrogens with two attached hydrogens (primary N) is 1. The standard InChI is InChI=1S/C15H18N2O3/c1-10-6-12(18-2)15(13(7-10)19-3)20-9-11-4-5-14(16)17-8-11/h4-8H,9H2,1-3H3,(H2,16,17). The molecule has 0 aliphatic rings. The Labute approximate surface area is 118 Å². The summed E-state index contributed by atoms with van der Waals surface area (Å²) in [6.45, 7) is 2.34. The van der Waals surface area contributed by atoms with Crippen molar-refractivity contribution in [3.63, 3.8) is 0 Å². The van der Waals surface area contributed by atoms with E-state index >= 15 is 0 Å². The minimum atomic E-state index is 0.364. The van der Waals surface area contributed by atoms with E-state index in [4.69, 9.17) is 19.9 Å². The molecule has 0 spiro atoms. The van der Waals surface area contributed by atoms with E-state index in [1.165, 1.54) is 0 Å². The molecule has 0 aliphatic heterocycles. The third kappa shape index (κ3) is 3.12. The molecule has 0 aliphatic carbocycles. The lowest BCUT2D eigenvalue weighted by Crippen LogP contribution is -2.01. The molecule has 1 aromatic heterocycles. The maximum Gasteiger partial charge on any atom is 0.203 e. The molecule has 5 nitrogen and oxygen atoms in total. The monoisotopic (exact) mass is 274 g/mol. The highest BCUT2D eigenvalue weighted by atomic mass is 16.5. The van der Waals surface area contributed by atoms with E-state index in [0.717, 1.165) is 11.1 Å². The van der Waals surface area contributed by atoms with E-state index in [9.17, 15) is 0 Å². The molecule has 0 unspecified atom stereocenters. The number of benzene rings is 1. The topological polar surface area (TPSA) is 66.6 Å². The molecule has 5 heteroatoms. The molecule has 0 atom stereocenters. The van der Waals surface area contributed by atoms with Crippen LogP contribution in [0.25, 0.3) is 0 Å². The van der Waals surface area contributed by atoms with Gasteiger partial charge in [0.05, 0.1) is 14.2 Å². The van der Waals surface area contributed by atoms with Gasteiger partial charge in [0.15, 0.2) is 11.5 Å². The van der Waals surface area contributed by atoms with Crippen molar-refractivity contribution >= 4 is 5.82 Å². The summed E-state index contributed by atoms with van der Waals surface area (Å²) in [6.07, 6.45) is 1.68. The van der Waals surface area contributed by atoms with Crippen molar-refractivity contribution in [3.8, 4) is 17.2 Å². The van der Waals surface area contributed by atoms with Crippen molar-refractivity contribution < 1.29 is 14.2 Å². The molecule has 20 heavy (non-hydrogen) atoms. The van der Waals surface area contributed by atoms with Crippen LogP contribution >= 0.6 is 0 Å². The van der Waals surface area contributed by atoms with Crippen molar-refractivity contribution in [3.05, 3.63) is 41.6 Å². The molecule has 1 heterocycles. The Morgan fingerprint density at radius 1 is 1.10 bits per heavy atom. The fourth-order valence-electron chi connectivity index (χ4n) is 1.83. The summed E-state index contributed by atoms with van der Waals surface area (Å²) in [5.74, 6) is 2.35. The minimum Gasteiger partial charge on any atom is -0.493 e.